The van der Waals surface area contributed by atoms with Gasteiger partial charge in [0.15, 0.2) is 0 Å². The fraction of sp³-hybridized carbons (Fsp3) is 0.812. The maximum absolute atomic E-state index is 11.3. The van der Waals surface area contributed by atoms with Crippen LogP contribution in [0, 0.1) is 23.2 Å². The molecule has 2 aliphatic rings. The SMILES string of the molecule is CC(=O)N(C)CC1CC1(C)C1CC=C(C)CC1C. The second-order valence-electron chi connectivity index (χ2n) is 6.88. The van der Waals surface area contributed by atoms with Gasteiger partial charge in [-0.15, -0.1) is 0 Å². The lowest BCUT2D eigenvalue weighted by Gasteiger charge is -2.34. The molecule has 0 aliphatic heterocycles. The lowest BCUT2D eigenvalue weighted by atomic mass is 9.72. The molecule has 0 bridgehead atoms. The van der Waals surface area contributed by atoms with Gasteiger partial charge in [-0.2, -0.15) is 0 Å². The Morgan fingerprint density at radius 2 is 2.22 bits per heavy atom. The Morgan fingerprint density at radius 3 is 2.78 bits per heavy atom. The Morgan fingerprint density at radius 1 is 1.56 bits per heavy atom. The minimum absolute atomic E-state index is 0.191. The highest BCUT2D eigenvalue weighted by atomic mass is 16.2. The summed E-state index contributed by atoms with van der Waals surface area (Å²) in [6.45, 7) is 9.69. The van der Waals surface area contributed by atoms with Gasteiger partial charge in [-0.25, -0.2) is 0 Å². The molecular formula is C16H27NO. The predicted octanol–water partition coefficient (Wildman–Crippen LogP) is 3.48. The first kappa shape index (κ1) is 13.6. The van der Waals surface area contributed by atoms with Crippen LogP contribution in [0.4, 0.5) is 0 Å². The zero-order valence-corrected chi connectivity index (χ0v) is 12.5. The van der Waals surface area contributed by atoms with Crippen molar-refractivity contribution in [3.05, 3.63) is 11.6 Å². The molecule has 4 atom stereocenters. The second-order valence-corrected chi connectivity index (χ2v) is 6.88. The van der Waals surface area contributed by atoms with Crippen LogP contribution in [0.3, 0.4) is 0 Å². The highest BCUT2D eigenvalue weighted by molar-refractivity contribution is 5.72. The van der Waals surface area contributed by atoms with E-state index in [1.807, 2.05) is 11.9 Å². The summed E-state index contributed by atoms with van der Waals surface area (Å²) in [6, 6.07) is 0. The van der Waals surface area contributed by atoms with Crippen molar-refractivity contribution in [1.29, 1.82) is 0 Å². The van der Waals surface area contributed by atoms with E-state index in [-0.39, 0.29) is 5.91 Å². The first-order valence-corrected chi connectivity index (χ1v) is 7.22. The molecule has 2 heteroatoms. The summed E-state index contributed by atoms with van der Waals surface area (Å²) < 4.78 is 0. The van der Waals surface area contributed by atoms with Crippen molar-refractivity contribution >= 4 is 5.91 Å². The molecular weight excluding hydrogens is 222 g/mol. The topological polar surface area (TPSA) is 20.3 Å². The molecule has 0 N–H and O–H groups in total. The third-order valence-electron chi connectivity index (χ3n) is 5.39. The summed E-state index contributed by atoms with van der Waals surface area (Å²) in [7, 11) is 1.93. The quantitative estimate of drug-likeness (QED) is 0.701. The van der Waals surface area contributed by atoms with Gasteiger partial charge in [0.1, 0.15) is 0 Å². The average Bonchev–Trinajstić information content (AvgIpc) is 2.89. The molecule has 2 nitrogen and oxygen atoms in total. The van der Waals surface area contributed by atoms with E-state index >= 15 is 0 Å². The van der Waals surface area contributed by atoms with E-state index < -0.39 is 0 Å². The largest absolute Gasteiger partial charge is 0.346 e. The Bertz CT molecular complexity index is 373. The van der Waals surface area contributed by atoms with Crippen molar-refractivity contribution in [3.63, 3.8) is 0 Å². The van der Waals surface area contributed by atoms with Crippen LogP contribution in [0.25, 0.3) is 0 Å². The molecule has 1 amide bonds. The molecule has 1 saturated carbocycles. The van der Waals surface area contributed by atoms with Crippen LogP contribution in [0.1, 0.15) is 47.0 Å². The fourth-order valence-electron chi connectivity index (χ4n) is 3.87. The van der Waals surface area contributed by atoms with Crippen molar-refractivity contribution in [2.75, 3.05) is 13.6 Å². The van der Waals surface area contributed by atoms with Crippen LogP contribution in [0.5, 0.6) is 0 Å². The van der Waals surface area contributed by atoms with Gasteiger partial charge < -0.3 is 4.90 Å². The number of hydrogen-bond acceptors (Lipinski definition) is 1. The number of carbonyl (C=O) groups excluding carboxylic acids is 1. The van der Waals surface area contributed by atoms with Crippen molar-refractivity contribution in [3.8, 4) is 0 Å². The van der Waals surface area contributed by atoms with E-state index in [0.717, 1.165) is 18.4 Å². The smallest absolute Gasteiger partial charge is 0.219 e. The van der Waals surface area contributed by atoms with Crippen molar-refractivity contribution in [2.24, 2.45) is 23.2 Å². The lowest BCUT2D eigenvalue weighted by Crippen LogP contribution is -2.30. The van der Waals surface area contributed by atoms with Gasteiger partial charge in [-0.1, -0.05) is 25.5 Å². The summed E-state index contributed by atoms with van der Waals surface area (Å²) in [5, 5.41) is 0. The number of nitrogens with zero attached hydrogens (tertiary/aromatic N) is 1. The van der Waals surface area contributed by atoms with E-state index in [4.69, 9.17) is 0 Å². The van der Waals surface area contributed by atoms with Crippen molar-refractivity contribution in [2.45, 2.75) is 47.0 Å². The first-order valence-electron chi connectivity index (χ1n) is 7.22. The zero-order chi connectivity index (χ0) is 13.5. The van der Waals surface area contributed by atoms with Gasteiger partial charge in [0, 0.05) is 20.5 Å². The summed E-state index contributed by atoms with van der Waals surface area (Å²) in [5.41, 5.74) is 2.03. The molecule has 2 aliphatic carbocycles. The Hall–Kier alpha value is -0.790. The monoisotopic (exact) mass is 249 g/mol. The highest BCUT2D eigenvalue weighted by Gasteiger charge is 2.56. The fourth-order valence-corrected chi connectivity index (χ4v) is 3.87. The summed E-state index contributed by atoms with van der Waals surface area (Å²) in [5.74, 6) is 2.52. The van der Waals surface area contributed by atoms with Gasteiger partial charge in [-0.05, 0) is 49.4 Å². The van der Waals surface area contributed by atoms with Gasteiger partial charge in [-0.3, -0.25) is 4.79 Å². The Labute approximate surface area is 111 Å². The second kappa shape index (κ2) is 4.71. The summed E-state index contributed by atoms with van der Waals surface area (Å²) in [4.78, 5) is 13.2. The summed E-state index contributed by atoms with van der Waals surface area (Å²) >= 11 is 0. The van der Waals surface area contributed by atoms with Gasteiger partial charge in [0.2, 0.25) is 5.91 Å². The first-order chi connectivity index (χ1) is 8.34. The molecule has 2 rings (SSSR count). The third-order valence-corrected chi connectivity index (χ3v) is 5.39. The zero-order valence-electron chi connectivity index (χ0n) is 12.5. The maximum atomic E-state index is 11.3. The van der Waals surface area contributed by atoms with Gasteiger partial charge in [0.25, 0.3) is 0 Å². The Balaban J connectivity index is 1.97. The minimum atomic E-state index is 0.191. The molecule has 0 aromatic rings. The van der Waals surface area contributed by atoms with Crippen LogP contribution >= 0.6 is 0 Å². The normalized spacial score (nSPS) is 39.2. The van der Waals surface area contributed by atoms with Crippen LogP contribution in [-0.2, 0) is 4.79 Å². The molecule has 0 radical (unpaired) electrons. The van der Waals surface area contributed by atoms with E-state index in [1.54, 1.807) is 12.5 Å². The van der Waals surface area contributed by atoms with E-state index in [1.165, 1.54) is 19.3 Å². The molecule has 4 unspecified atom stereocenters. The molecule has 0 saturated heterocycles. The van der Waals surface area contributed by atoms with Gasteiger partial charge in [0.05, 0.1) is 0 Å². The number of rotatable bonds is 3. The van der Waals surface area contributed by atoms with E-state index in [0.29, 0.717) is 11.3 Å². The highest BCUT2D eigenvalue weighted by Crippen LogP contribution is 2.62. The van der Waals surface area contributed by atoms with Crippen LogP contribution in [0.15, 0.2) is 11.6 Å². The Kier molecular flexibility index (Phi) is 3.57. The molecule has 0 heterocycles. The molecule has 102 valence electrons. The number of allylic oxidation sites excluding steroid dienone is 2. The van der Waals surface area contributed by atoms with E-state index in [9.17, 15) is 4.79 Å². The van der Waals surface area contributed by atoms with Crippen molar-refractivity contribution < 1.29 is 4.79 Å². The van der Waals surface area contributed by atoms with Crippen LogP contribution < -0.4 is 0 Å². The van der Waals surface area contributed by atoms with Gasteiger partial charge >= 0.3 is 0 Å². The molecule has 0 aromatic carbocycles. The number of hydrogen-bond donors (Lipinski definition) is 0. The molecule has 1 fully saturated rings. The average molecular weight is 249 g/mol. The molecule has 0 spiro atoms. The number of carbonyl (C=O) groups is 1. The number of amides is 1. The van der Waals surface area contributed by atoms with Crippen LogP contribution in [0.2, 0.25) is 0 Å². The minimum Gasteiger partial charge on any atom is -0.346 e. The summed E-state index contributed by atoms with van der Waals surface area (Å²) in [6.07, 6.45) is 6.23. The third kappa shape index (κ3) is 2.48. The standard InChI is InChI=1S/C16H27NO/c1-11-6-7-15(12(2)8-11)16(4)9-14(16)10-17(5)13(3)18/h6,12,14-15H,7-10H2,1-5H3. The molecule has 0 aromatic heterocycles. The van der Waals surface area contributed by atoms with Crippen LogP contribution in [-0.4, -0.2) is 24.4 Å². The van der Waals surface area contributed by atoms with Crippen molar-refractivity contribution in [1.82, 2.24) is 4.90 Å². The van der Waals surface area contributed by atoms with E-state index in [2.05, 4.69) is 26.8 Å². The lowest BCUT2D eigenvalue weighted by molar-refractivity contribution is -0.127. The predicted molar refractivity (Wildman–Crippen MR) is 75.2 cm³/mol. The molecule has 18 heavy (non-hydrogen) atoms. The maximum Gasteiger partial charge on any atom is 0.219 e.